The number of rotatable bonds is 9. The van der Waals surface area contributed by atoms with E-state index in [0.29, 0.717) is 5.76 Å². The fraction of sp³-hybridized carbons (Fsp3) is 0.423. The molecule has 0 radical (unpaired) electrons. The topological polar surface area (TPSA) is 48.7 Å². The summed E-state index contributed by atoms with van der Waals surface area (Å²) in [5.41, 5.74) is 2.75. The van der Waals surface area contributed by atoms with Crippen molar-refractivity contribution in [2.24, 2.45) is 0 Å². The normalized spacial score (nSPS) is 15.4. The first kappa shape index (κ1) is 21.6. The number of amides is 1. The number of anilines is 1. The maximum atomic E-state index is 12.6. The predicted octanol–water partition coefficient (Wildman–Crippen LogP) is 5.38. The number of carbonyl (C=O) groups is 1. The molecule has 5 nitrogen and oxygen atoms in total. The Hall–Kier alpha value is -2.63. The molecule has 1 saturated heterocycles. The van der Waals surface area contributed by atoms with Gasteiger partial charge >= 0.3 is 0 Å². The molecular weight excluding hydrogens is 386 g/mol. The Morgan fingerprint density at radius 3 is 2.55 bits per heavy atom. The van der Waals surface area contributed by atoms with Crippen LogP contribution in [-0.2, 0) is 6.54 Å². The molecule has 1 aliphatic rings. The molecule has 0 spiro atoms. The number of hydrogen-bond donors (Lipinski definition) is 1. The Morgan fingerprint density at radius 1 is 0.935 bits per heavy atom. The summed E-state index contributed by atoms with van der Waals surface area (Å²) in [4.78, 5) is 17.7. The number of hydrogen-bond acceptors (Lipinski definition) is 4. The fourth-order valence-corrected chi connectivity index (χ4v) is 4.23. The second kappa shape index (κ2) is 10.6. The number of fused-ring (bicyclic) bond motifs is 1. The second-order valence-corrected chi connectivity index (χ2v) is 8.48. The third-order valence-corrected chi connectivity index (χ3v) is 6.03. The minimum absolute atomic E-state index is 0.218. The van der Waals surface area contributed by atoms with Crippen LogP contribution in [0.15, 0.2) is 59.0 Å². The summed E-state index contributed by atoms with van der Waals surface area (Å²) in [5.74, 6) is 0.117. The van der Waals surface area contributed by atoms with E-state index in [2.05, 4.69) is 34.2 Å². The zero-order valence-corrected chi connectivity index (χ0v) is 18.5. The van der Waals surface area contributed by atoms with E-state index in [4.69, 9.17) is 4.42 Å². The smallest absolute Gasteiger partial charge is 0.291 e. The van der Waals surface area contributed by atoms with Crippen molar-refractivity contribution in [3.63, 3.8) is 0 Å². The molecule has 164 valence electrons. The number of nitrogens with one attached hydrogen (secondary N) is 1. The van der Waals surface area contributed by atoms with Crippen molar-refractivity contribution in [1.82, 2.24) is 9.80 Å². The monoisotopic (exact) mass is 419 g/mol. The first-order valence-corrected chi connectivity index (χ1v) is 11.5. The summed E-state index contributed by atoms with van der Waals surface area (Å²) >= 11 is 0. The van der Waals surface area contributed by atoms with Crippen molar-refractivity contribution in [2.75, 3.05) is 38.0 Å². The van der Waals surface area contributed by atoms with E-state index >= 15 is 0 Å². The quantitative estimate of drug-likeness (QED) is 0.473. The van der Waals surface area contributed by atoms with E-state index in [1.165, 1.54) is 37.8 Å². The molecule has 1 aliphatic heterocycles. The first-order chi connectivity index (χ1) is 15.2. The van der Waals surface area contributed by atoms with Gasteiger partial charge in [-0.05, 0) is 42.8 Å². The van der Waals surface area contributed by atoms with Crippen LogP contribution in [0.2, 0.25) is 0 Å². The second-order valence-electron chi connectivity index (χ2n) is 8.48. The van der Waals surface area contributed by atoms with Crippen molar-refractivity contribution in [2.45, 2.75) is 39.2 Å². The third kappa shape index (κ3) is 5.96. The molecule has 1 fully saturated rings. The van der Waals surface area contributed by atoms with Crippen molar-refractivity contribution < 1.29 is 9.21 Å². The van der Waals surface area contributed by atoms with E-state index in [-0.39, 0.29) is 5.91 Å². The summed E-state index contributed by atoms with van der Waals surface area (Å²) in [5, 5.41) is 3.91. The van der Waals surface area contributed by atoms with Gasteiger partial charge in [-0.3, -0.25) is 9.69 Å². The van der Waals surface area contributed by atoms with E-state index in [1.54, 1.807) is 6.07 Å². The Balaban J connectivity index is 1.28. The molecule has 1 aromatic heterocycles. The van der Waals surface area contributed by atoms with Crippen LogP contribution in [0.5, 0.6) is 0 Å². The Bertz CT molecular complexity index is 956. The zero-order chi connectivity index (χ0) is 21.5. The molecule has 1 N–H and O–H groups in total. The highest BCUT2D eigenvalue weighted by Gasteiger charge is 2.17. The minimum atomic E-state index is -0.218. The fourth-order valence-electron chi connectivity index (χ4n) is 4.23. The van der Waals surface area contributed by atoms with Gasteiger partial charge in [0.15, 0.2) is 5.76 Å². The van der Waals surface area contributed by atoms with Crippen LogP contribution in [0, 0.1) is 0 Å². The number of piperazine rings is 1. The van der Waals surface area contributed by atoms with Gasteiger partial charge in [0.2, 0.25) is 0 Å². The van der Waals surface area contributed by atoms with Crippen molar-refractivity contribution in [3.8, 4) is 0 Å². The highest BCUT2D eigenvalue weighted by atomic mass is 16.3. The van der Waals surface area contributed by atoms with Gasteiger partial charge in [0.05, 0.1) is 0 Å². The maximum Gasteiger partial charge on any atom is 0.291 e. The zero-order valence-electron chi connectivity index (χ0n) is 18.5. The SMILES string of the molecule is CCCCCCN1CCN(Cc2cccc(NC(=O)c3cc4ccccc4o3)c2)CC1. The van der Waals surface area contributed by atoms with Gasteiger partial charge in [-0.25, -0.2) is 0 Å². The molecule has 31 heavy (non-hydrogen) atoms. The van der Waals surface area contributed by atoms with Gasteiger partial charge in [-0.15, -0.1) is 0 Å². The highest BCUT2D eigenvalue weighted by molar-refractivity contribution is 6.04. The molecule has 0 aliphatic carbocycles. The van der Waals surface area contributed by atoms with Gasteiger partial charge < -0.3 is 14.6 Å². The van der Waals surface area contributed by atoms with E-state index in [1.807, 2.05) is 36.4 Å². The number of furan rings is 1. The molecule has 0 atom stereocenters. The molecule has 2 aromatic carbocycles. The van der Waals surface area contributed by atoms with Gasteiger partial charge in [0.1, 0.15) is 5.58 Å². The summed E-state index contributed by atoms with van der Waals surface area (Å²) in [6, 6.07) is 17.6. The van der Waals surface area contributed by atoms with Gasteiger partial charge in [0.25, 0.3) is 5.91 Å². The Morgan fingerprint density at radius 2 is 1.74 bits per heavy atom. The minimum Gasteiger partial charge on any atom is -0.451 e. The van der Waals surface area contributed by atoms with Gasteiger partial charge in [-0.2, -0.15) is 0 Å². The number of benzene rings is 2. The lowest BCUT2D eigenvalue weighted by Crippen LogP contribution is -2.46. The summed E-state index contributed by atoms with van der Waals surface area (Å²) in [6.45, 7) is 8.91. The average Bonchev–Trinajstić information content (AvgIpc) is 3.23. The third-order valence-electron chi connectivity index (χ3n) is 6.03. The lowest BCUT2D eigenvalue weighted by Gasteiger charge is -2.34. The molecule has 0 bridgehead atoms. The predicted molar refractivity (Wildman–Crippen MR) is 126 cm³/mol. The number of carbonyl (C=O) groups excluding carboxylic acids is 1. The van der Waals surface area contributed by atoms with Crippen LogP contribution in [-0.4, -0.2) is 48.4 Å². The lowest BCUT2D eigenvalue weighted by molar-refractivity contribution is 0.0998. The Kier molecular flexibility index (Phi) is 7.39. The summed E-state index contributed by atoms with van der Waals surface area (Å²) < 4.78 is 5.68. The molecule has 3 aromatic rings. The first-order valence-electron chi connectivity index (χ1n) is 11.5. The molecule has 0 saturated carbocycles. The molecule has 5 heteroatoms. The van der Waals surface area contributed by atoms with Crippen LogP contribution in [0.3, 0.4) is 0 Å². The molecule has 2 heterocycles. The number of unbranched alkanes of at least 4 members (excludes halogenated alkanes) is 3. The number of nitrogens with zero attached hydrogens (tertiary/aromatic N) is 2. The van der Waals surface area contributed by atoms with Crippen LogP contribution in [0.1, 0.15) is 48.7 Å². The van der Waals surface area contributed by atoms with Crippen LogP contribution in [0.25, 0.3) is 11.0 Å². The van der Waals surface area contributed by atoms with E-state index in [9.17, 15) is 4.79 Å². The van der Waals surface area contributed by atoms with Crippen LogP contribution >= 0.6 is 0 Å². The van der Waals surface area contributed by atoms with E-state index in [0.717, 1.165) is 49.4 Å². The van der Waals surface area contributed by atoms with Crippen molar-refractivity contribution >= 4 is 22.6 Å². The average molecular weight is 420 g/mol. The Labute approximate surface area is 185 Å². The maximum absolute atomic E-state index is 12.6. The molecule has 4 rings (SSSR count). The van der Waals surface area contributed by atoms with Crippen molar-refractivity contribution in [1.29, 1.82) is 0 Å². The molecule has 1 amide bonds. The molecule has 0 unspecified atom stereocenters. The summed E-state index contributed by atoms with van der Waals surface area (Å²) in [6.07, 6.45) is 5.32. The standard InChI is InChI=1S/C26H33N3O2/c1-2-3-4-7-13-28-14-16-29(17-15-28)20-21-9-8-11-23(18-21)27-26(30)25-19-22-10-5-6-12-24(22)31-25/h5-6,8-12,18-19H,2-4,7,13-17,20H2,1H3,(H,27,30). The van der Waals surface area contributed by atoms with Crippen molar-refractivity contribution in [3.05, 3.63) is 65.9 Å². The van der Waals surface area contributed by atoms with Crippen LogP contribution in [0.4, 0.5) is 5.69 Å². The molecular formula is C26H33N3O2. The lowest BCUT2D eigenvalue weighted by atomic mass is 10.1. The number of para-hydroxylation sites is 1. The highest BCUT2D eigenvalue weighted by Crippen LogP contribution is 2.21. The summed E-state index contributed by atoms with van der Waals surface area (Å²) in [7, 11) is 0. The van der Waals surface area contributed by atoms with Gasteiger partial charge in [-0.1, -0.05) is 56.5 Å². The van der Waals surface area contributed by atoms with Crippen LogP contribution < -0.4 is 5.32 Å². The largest absolute Gasteiger partial charge is 0.451 e. The van der Waals surface area contributed by atoms with Gasteiger partial charge in [0, 0.05) is 43.8 Å². The van der Waals surface area contributed by atoms with E-state index < -0.39 is 0 Å².